The van der Waals surface area contributed by atoms with Crippen molar-refractivity contribution in [1.82, 2.24) is 5.32 Å². The quantitative estimate of drug-likeness (QED) is 0.496. The topological polar surface area (TPSA) is 67.2 Å². The summed E-state index contributed by atoms with van der Waals surface area (Å²) < 4.78 is 0. The van der Waals surface area contributed by atoms with Gasteiger partial charge in [-0.2, -0.15) is 0 Å². The molecule has 4 heteroatoms. The third kappa shape index (κ3) is 2.23. The monoisotopic (exact) mass is 193 g/mol. The Bertz CT molecular complexity index is 336. The highest BCUT2D eigenvalue weighted by Crippen LogP contribution is 2.13. The highest BCUT2D eigenvalue weighted by atomic mass is 16.1. The number of nitrogens with one attached hydrogen (secondary N) is 2. The Morgan fingerprint density at radius 3 is 2.71 bits per heavy atom. The van der Waals surface area contributed by atoms with Gasteiger partial charge in [0, 0.05) is 17.8 Å². The number of hydrazine groups is 1. The van der Waals surface area contributed by atoms with Crippen LogP contribution in [0.3, 0.4) is 0 Å². The SMILES string of the molecule is CCNC(=O)c1ccc(NN)cc1C. The molecule has 0 heterocycles. The number of hydrogen-bond acceptors (Lipinski definition) is 3. The van der Waals surface area contributed by atoms with Crippen LogP contribution < -0.4 is 16.6 Å². The van der Waals surface area contributed by atoms with E-state index in [-0.39, 0.29) is 5.91 Å². The minimum Gasteiger partial charge on any atom is -0.352 e. The van der Waals surface area contributed by atoms with Crippen LogP contribution >= 0.6 is 0 Å². The molecule has 0 unspecified atom stereocenters. The molecule has 4 nitrogen and oxygen atoms in total. The molecule has 1 aromatic rings. The van der Waals surface area contributed by atoms with Crippen LogP contribution in [0.1, 0.15) is 22.8 Å². The third-order valence-electron chi connectivity index (χ3n) is 1.98. The lowest BCUT2D eigenvalue weighted by molar-refractivity contribution is 0.0955. The summed E-state index contributed by atoms with van der Waals surface area (Å²) in [5.41, 5.74) is 4.93. The average molecular weight is 193 g/mol. The number of aryl methyl sites for hydroxylation is 1. The zero-order valence-electron chi connectivity index (χ0n) is 8.42. The number of anilines is 1. The molecular formula is C10H15N3O. The number of carbonyl (C=O) groups excluding carboxylic acids is 1. The van der Waals surface area contributed by atoms with E-state index in [1.807, 2.05) is 19.9 Å². The third-order valence-corrected chi connectivity index (χ3v) is 1.98. The van der Waals surface area contributed by atoms with Crippen LogP contribution in [0.2, 0.25) is 0 Å². The van der Waals surface area contributed by atoms with E-state index in [0.29, 0.717) is 12.1 Å². The van der Waals surface area contributed by atoms with Crippen molar-refractivity contribution in [3.8, 4) is 0 Å². The predicted molar refractivity (Wildman–Crippen MR) is 57.0 cm³/mol. The van der Waals surface area contributed by atoms with E-state index in [4.69, 9.17) is 5.84 Å². The van der Waals surface area contributed by atoms with Gasteiger partial charge in [0.1, 0.15) is 0 Å². The molecule has 0 spiro atoms. The smallest absolute Gasteiger partial charge is 0.251 e. The molecule has 1 aromatic carbocycles. The summed E-state index contributed by atoms with van der Waals surface area (Å²) in [5.74, 6) is 5.21. The van der Waals surface area contributed by atoms with Crippen LogP contribution in [0.4, 0.5) is 5.69 Å². The molecule has 0 aliphatic heterocycles. The first-order chi connectivity index (χ1) is 6.69. The molecule has 0 aliphatic carbocycles. The minimum absolute atomic E-state index is 0.0476. The number of hydrogen-bond donors (Lipinski definition) is 3. The van der Waals surface area contributed by atoms with Crippen molar-refractivity contribution in [2.45, 2.75) is 13.8 Å². The van der Waals surface area contributed by atoms with Gasteiger partial charge in [-0.1, -0.05) is 0 Å². The molecule has 0 saturated carbocycles. The zero-order chi connectivity index (χ0) is 10.6. The van der Waals surface area contributed by atoms with Crippen LogP contribution in [-0.2, 0) is 0 Å². The van der Waals surface area contributed by atoms with Crippen molar-refractivity contribution >= 4 is 11.6 Å². The lowest BCUT2D eigenvalue weighted by atomic mass is 10.1. The summed E-state index contributed by atoms with van der Waals surface area (Å²) in [6.45, 7) is 4.41. The molecule has 14 heavy (non-hydrogen) atoms. The van der Waals surface area contributed by atoms with Gasteiger partial charge >= 0.3 is 0 Å². The predicted octanol–water partition coefficient (Wildman–Crippen LogP) is 1.03. The molecule has 0 saturated heterocycles. The Morgan fingerprint density at radius 1 is 1.50 bits per heavy atom. The molecule has 0 radical (unpaired) electrons. The van der Waals surface area contributed by atoms with Crippen molar-refractivity contribution in [1.29, 1.82) is 0 Å². The number of amides is 1. The highest BCUT2D eigenvalue weighted by Gasteiger charge is 2.07. The molecule has 0 bridgehead atoms. The van der Waals surface area contributed by atoms with Crippen LogP contribution in [0, 0.1) is 6.92 Å². The number of carbonyl (C=O) groups is 1. The van der Waals surface area contributed by atoms with Gasteiger partial charge < -0.3 is 10.7 Å². The van der Waals surface area contributed by atoms with Gasteiger partial charge in [-0.3, -0.25) is 10.6 Å². The maximum atomic E-state index is 11.5. The van der Waals surface area contributed by atoms with Crippen LogP contribution in [-0.4, -0.2) is 12.5 Å². The van der Waals surface area contributed by atoms with Crippen molar-refractivity contribution in [2.24, 2.45) is 5.84 Å². The first-order valence-corrected chi connectivity index (χ1v) is 4.54. The van der Waals surface area contributed by atoms with E-state index in [2.05, 4.69) is 10.7 Å². The minimum atomic E-state index is -0.0476. The van der Waals surface area contributed by atoms with Gasteiger partial charge in [-0.15, -0.1) is 0 Å². The molecule has 1 rings (SSSR count). The second-order valence-electron chi connectivity index (χ2n) is 3.03. The Labute approximate surface area is 83.5 Å². The number of benzene rings is 1. The molecule has 0 aliphatic rings. The van der Waals surface area contributed by atoms with Crippen LogP contribution in [0.25, 0.3) is 0 Å². The number of nitrogen functional groups attached to an aromatic ring is 1. The molecule has 0 fully saturated rings. The lowest BCUT2D eigenvalue weighted by Gasteiger charge is -2.07. The second-order valence-corrected chi connectivity index (χ2v) is 3.03. The van der Waals surface area contributed by atoms with E-state index < -0.39 is 0 Å². The van der Waals surface area contributed by atoms with Crippen molar-refractivity contribution in [2.75, 3.05) is 12.0 Å². The first-order valence-electron chi connectivity index (χ1n) is 4.54. The van der Waals surface area contributed by atoms with E-state index >= 15 is 0 Å². The molecular weight excluding hydrogens is 178 g/mol. The first kappa shape index (κ1) is 10.5. The Balaban J connectivity index is 2.94. The fourth-order valence-corrected chi connectivity index (χ4v) is 1.26. The highest BCUT2D eigenvalue weighted by molar-refractivity contribution is 5.96. The molecule has 0 aromatic heterocycles. The van der Waals surface area contributed by atoms with Gasteiger partial charge in [0.25, 0.3) is 5.91 Å². The summed E-state index contributed by atoms with van der Waals surface area (Å²) in [6.07, 6.45) is 0. The molecule has 76 valence electrons. The second kappa shape index (κ2) is 4.62. The Kier molecular flexibility index (Phi) is 3.48. The van der Waals surface area contributed by atoms with Gasteiger partial charge in [0.15, 0.2) is 0 Å². The summed E-state index contributed by atoms with van der Waals surface area (Å²) in [6, 6.07) is 5.37. The van der Waals surface area contributed by atoms with Gasteiger partial charge in [-0.25, -0.2) is 0 Å². The Morgan fingerprint density at radius 2 is 2.21 bits per heavy atom. The van der Waals surface area contributed by atoms with E-state index in [0.717, 1.165) is 11.3 Å². The molecule has 4 N–H and O–H groups in total. The van der Waals surface area contributed by atoms with Gasteiger partial charge in [-0.05, 0) is 37.6 Å². The standard InChI is InChI=1S/C10H15N3O/c1-3-12-10(14)9-5-4-8(13-11)6-7(9)2/h4-6,13H,3,11H2,1-2H3,(H,12,14). The van der Waals surface area contributed by atoms with Crippen molar-refractivity contribution < 1.29 is 4.79 Å². The maximum Gasteiger partial charge on any atom is 0.251 e. The van der Waals surface area contributed by atoms with Crippen LogP contribution in [0.5, 0.6) is 0 Å². The van der Waals surface area contributed by atoms with Gasteiger partial charge in [0.05, 0.1) is 0 Å². The summed E-state index contributed by atoms with van der Waals surface area (Å²) in [7, 11) is 0. The lowest BCUT2D eigenvalue weighted by Crippen LogP contribution is -2.23. The number of rotatable bonds is 3. The number of nitrogens with two attached hydrogens (primary N) is 1. The fraction of sp³-hybridized carbons (Fsp3) is 0.300. The average Bonchev–Trinajstić information content (AvgIpc) is 2.17. The van der Waals surface area contributed by atoms with Crippen molar-refractivity contribution in [3.05, 3.63) is 29.3 Å². The van der Waals surface area contributed by atoms with Crippen LogP contribution in [0.15, 0.2) is 18.2 Å². The van der Waals surface area contributed by atoms with E-state index in [1.165, 1.54) is 0 Å². The summed E-state index contributed by atoms with van der Waals surface area (Å²) in [5, 5.41) is 2.75. The van der Waals surface area contributed by atoms with Crippen molar-refractivity contribution in [3.63, 3.8) is 0 Å². The normalized spacial score (nSPS) is 9.64. The Hall–Kier alpha value is -1.55. The van der Waals surface area contributed by atoms with E-state index in [9.17, 15) is 4.79 Å². The molecule has 0 atom stereocenters. The summed E-state index contributed by atoms with van der Waals surface area (Å²) in [4.78, 5) is 11.5. The van der Waals surface area contributed by atoms with E-state index in [1.54, 1.807) is 12.1 Å². The zero-order valence-corrected chi connectivity index (χ0v) is 8.42. The summed E-state index contributed by atoms with van der Waals surface area (Å²) >= 11 is 0. The van der Waals surface area contributed by atoms with Gasteiger partial charge in [0.2, 0.25) is 0 Å². The molecule has 1 amide bonds. The maximum absolute atomic E-state index is 11.5. The largest absolute Gasteiger partial charge is 0.352 e. The fourth-order valence-electron chi connectivity index (χ4n) is 1.26.